The van der Waals surface area contributed by atoms with Crippen molar-refractivity contribution in [3.63, 3.8) is 0 Å². The molecule has 128 valence electrons. The van der Waals surface area contributed by atoms with E-state index in [0.29, 0.717) is 12.5 Å². The number of nitrogens with one attached hydrogen (secondary N) is 3. The van der Waals surface area contributed by atoms with Gasteiger partial charge in [0.05, 0.1) is 0 Å². The summed E-state index contributed by atoms with van der Waals surface area (Å²) in [4.78, 5) is 15.1. The van der Waals surface area contributed by atoms with E-state index in [2.05, 4.69) is 38.2 Å². The third kappa shape index (κ3) is 6.13. The first-order valence-corrected chi connectivity index (χ1v) is 9.02. The van der Waals surface area contributed by atoms with Gasteiger partial charge in [-0.2, -0.15) is 0 Å². The molecule has 1 fully saturated rings. The Balaban J connectivity index is 1.71. The van der Waals surface area contributed by atoms with Crippen molar-refractivity contribution in [2.24, 2.45) is 5.92 Å². The van der Waals surface area contributed by atoms with Gasteiger partial charge in [0.15, 0.2) is 6.54 Å². The van der Waals surface area contributed by atoms with Crippen molar-refractivity contribution in [1.82, 2.24) is 5.32 Å². The Morgan fingerprint density at radius 2 is 1.65 bits per heavy atom. The fourth-order valence-corrected chi connectivity index (χ4v) is 3.03. The van der Waals surface area contributed by atoms with Gasteiger partial charge < -0.3 is 15.1 Å². The SMILES string of the molecule is CC(C)[C@H](C)NC(=O)C[NH+]1CC[NH+](Cc2ccc(Cl)cc2)CC1. The van der Waals surface area contributed by atoms with E-state index < -0.39 is 0 Å². The van der Waals surface area contributed by atoms with Crippen LogP contribution in [-0.2, 0) is 11.3 Å². The van der Waals surface area contributed by atoms with Crippen molar-refractivity contribution >= 4 is 17.5 Å². The molecule has 4 nitrogen and oxygen atoms in total. The second-order valence-electron chi connectivity index (χ2n) is 7.08. The van der Waals surface area contributed by atoms with Crippen LogP contribution in [0.4, 0.5) is 0 Å². The largest absolute Gasteiger partial charge is 0.348 e. The van der Waals surface area contributed by atoms with E-state index in [1.165, 1.54) is 10.5 Å². The zero-order valence-corrected chi connectivity index (χ0v) is 15.2. The summed E-state index contributed by atoms with van der Waals surface area (Å²) in [6.07, 6.45) is 0. The summed E-state index contributed by atoms with van der Waals surface area (Å²) >= 11 is 5.93. The molecular weight excluding hydrogens is 310 g/mol. The molecule has 1 heterocycles. The highest BCUT2D eigenvalue weighted by molar-refractivity contribution is 6.30. The molecule has 0 unspecified atom stereocenters. The van der Waals surface area contributed by atoms with Crippen LogP contribution in [0.25, 0.3) is 0 Å². The van der Waals surface area contributed by atoms with Crippen LogP contribution in [0.3, 0.4) is 0 Å². The van der Waals surface area contributed by atoms with E-state index >= 15 is 0 Å². The molecule has 0 saturated carbocycles. The lowest BCUT2D eigenvalue weighted by atomic mass is 10.1. The highest BCUT2D eigenvalue weighted by Gasteiger charge is 2.25. The maximum Gasteiger partial charge on any atom is 0.275 e. The van der Waals surface area contributed by atoms with Crippen LogP contribution in [0.2, 0.25) is 5.02 Å². The molecule has 23 heavy (non-hydrogen) atoms. The molecule has 0 bridgehead atoms. The second-order valence-corrected chi connectivity index (χ2v) is 7.52. The van der Waals surface area contributed by atoms with Crippen molar-refractivity contribution in [2.45, 2.75) is 33.4 Å². The summed E-state index contributed by atoms with van der Waals surface area (Å²) < 4.78 is 0. The average molecular weight is 340 g/mol. The van der Waals surface area contributed by atoms with E-state index in [1.54, 1.807) is 4.90 Å². The van der Waals surface area contributed by atoms with Gasteiger partial charge in [-0.3, -0.25) is 4.79 Å². The summed E-state index contributed by atoms with van der Waals surface area (Å²) in [5.74, 6) is 0.664. The molecule has 1 aliphatic heterocycles. The molecule has 1 amide bonds. The number of carbonyl (C=O) groups is 1. The second kappa shape index (κ2) is 8.67. The molecule has 1 aliphatic rings. The van der Waals surface area contributed by atoms with Crippen molar-refractivity contribution in [3.8, 4) is 0 Å². The minimum atomic E-state index is 0.183. The zero-order valence-electron chi connectivity index (χ0n) is 14.5. The Kier molecular flexibility index (Phi) is 6.88. The number of rotatable bonds is 6. The smallest absolute Gasteiger partial charge is 0.275 e. The molecule has 1 saturated heterocycles. The fourth-order valence-electron chi connectivity index (χ4n) is 2.90. The van der Waals surface area contributed by atoms with Crippen LogP contribution in [0, 0.1) is 5.92 Å². The van der Waals surface area contributed by atoms with Gasteiger partial charge in [0.1, 0.15) is 32.7 Å². The van der Waals surface area contributed by atoms with Crippen LogP contribution in [0.1, 0.15) is 26.3 Å². The predicted molar refractivity (Wildman–Crippen MR) is 93.9 cm³/mol. The van der Waals surface area contributed by atoms with E-state index in [1.807, 2.05) is 12.1 Å². The summed E-state index contributed by atoms with van der Waals surface area (Å²) in [5, 5.41) is 3.90. The third-order valence-electron chi connectivity index (χ3n) is 4.83. The number of halogens is 1. The van der Waals surface area contributed by atoms with Crippen LogP contribution >= 0.6 is 11.6 Å². The first-order chi connectivity index (χ1) is 10.9. The first kappa shape index (κ1) is 18.2. The molecule has 2 rings (SSSR count). The van der Waals surface area contributed by atoms with Crippen molar-refractivity contribution < 1.29 is 14.6 Å². The van der Waals surface area contributed by atoms with Gasteiger partial charge in [-0.15, -0.1) is 0 Å². The number of carbonyl (C=O) groups excluding carboxylic acids is 1. The first-order valence-electron chi connectivity index (χ1n) is 8.65. The number of benzene rings is 1. The molecule has 0 aromatic heterocycles. The predicted octanol–water partition coefficient (Wildman–Crippen LogP) is -0.216. The maximum atomic E-state index is 12.1. The maximum absolute atomic E-state index is 12.1. The highest BCUT2D eigenvalue weighted by Crippen LogP contribution is 2.08. The van der Waals surface area contributed by atoms with E-state index in [-0.39, 0.29) is 11.9 Å². The van der Waals surface area contributed by atoms with Crippen LogP contribution < -0.4 is 15.1 Å². The van der Waals surface area contributed by atoms with Gasteiger partial charge in [0, 0.05) is 16.6 Å². The molecule has 0 aliphatic carbocycles. The average Bonchev–Trinajstić information content (AvgIpc) is 2.51. The minimum Gasteiger partial charge on any atom is -0.348 e. The lowest BCUT2D eigenvalue weighted by molar-refractivity contribution is -1.02. The van der Waals surface area contributed by atoms with Crippen LogP contribution in [-0.4, -0.2) is 44.7 Å². The minimum absolute atomic E-state index is 0.183. The van der Waals surface area contributed by atoms with E-state index in [9.17, 15) is 4.79 Å². The third-order valence-corrected chi connectivity index (χ3v) is 5.08. The van der Waals surface area contributed by atoms with Crippen molar-refractivity contribution in [3.05, 3.63) is 34.9 Å². The summed E-state index contributed by atoms with van der Waals surface area (Å²) in [6.45, 7) is 12.3. The number of hydrogen-bond donors (Lipinski definition) is 3. The Hall–Kier alpha value is -1.10. The molecule has 5 heteroatoms. The number of piperazine rings is 1. The molecular formula is C18H30ClN3O+2. The van der Waals surface area contributed by atoms with Gasteiger partial charge in [0.25, 0.3) is 5.91 Å². The highest BCUT2D eigenvalue weighted by atomic mass is 35.5. The standard InChI is InChI=1S/C18H28ClN3O/c1-14(2)15(3)20-18(23)13-22-10-8-21(9-11-22)12-16-4-6-17(19)7-5-16/h4-7,14-15H,8-13H2,1-3H3,(H,20,23)/p+2/t15-/m0/s1. The number of amides is 1. The van der Waals surface area contributed by atoms with Gasteiger partial charge in [-0.05, 0) is 25.0 Å². The summed E-state index contributed by atoms with van der Waals surface area (Å²) in [5.41, 5.74) is 1.33. The molecule has 1 aromatic rings. The van der Waals surface area contributed by atoms with Crippen molar-refractivity contribution in [2.75, 3.05) is 32.7 Å². The molecule has 0 radical (unpaired) electrons. The Morgan fingerprint density at radius 3 is 2.22 bits per heavy atom. The van der Waals surface area contributed by atoms with Crippen LogP contribution in [0.15, 0.2) is 24.3 Å². The topological polar surface area (TPSA) is 38.0 Å². The lowest BCUT2D eigenvalue weighted by Gasteiger charge is -2.29. The molecule has 1 aromatic carbocycles. The molecule has 1 atom stereocenters. The van der Waals surface area contributed by atoms with E-state index in [0.717, 1.165) is 37.7 Å². The number of hydrogen-bond acceptors (Lipinski definition) is 1. The van der Waals surface area contributed by atoms with Gasteiger partial charge in [0.2, 0.25) is 0 Å². The van der Waals surface area contributed by atoms with Crippen molar-refractivity contribution in [1.29, 1.82) is 0 Å². The normalized spacial score (nSPS) is 22.8. The van der Waals surface area contributed by atoms with Gasteiger partial charge >= 0.3 is 0 Å². The molecule has 0 spiro atoms. The quantitative estimate of drug-likeness (QED) is 0.659. The van der Waals surface area contributed by atoms with Gasteiger partial charge in [-0.25, -0.2) is 0 Å². The Bertz CT molecular complexity index is 495. The summed E-state index contributed by atoms with van der Waals surface area (Å²) in [6, 6.07) is 8.37. The lowest BCUT2D eigenvalue weighted by Crippen LogP contribution is -3.28. The van der Waals surface area contributed by atoms with E-state index in [4.69, 9.17) is 11.6 Å². The zero-order chi connectivity index (χ0) is 16.8. The van der Waals surface area contributed by atoms with Gasteiger partial charge in [-0.1, -0.05) is 37.6 Å². The Labute approximate surface area is 144 Å². The van der Waals surface area contributed by atoms with Crippen LogP contribution in [0.5, 0.6) is 0 Å². The Morgan fingerprint density at radius 1 is 1.09 bits per heavy atom. The monoisotopic (exact) mass is 339 g/mol. The number of quaternary nitrogens is 2. The summed E-state index contributed by atoms with van der Waals surface area (Å²) in [7, 11) is 0. The fraction of sp³-hybridized carbons (Fsp3) is 0.611. The molecule has 3 N–H and O–H groups in total.